The minimum atomic E-state index is -7.58. The number of halogens is 6. The van der Waals surface area contributed by atoms with E-state index in [2.05, 4.69) is 0 Å². The van der Waals surface area contributed by atoms with Gasteiger partial charge in [0.25, 0.3) is 0 Å². The van der Waals surface area contributed by atoms with E-state index in [1.54, 1.807) is 0 Å². The van der Waals surface area contributed by atoms with Gasteiger partial charge in [-0.1, -0.05) is 0 Å². The van der Waals surface area contributed by atoms with E-state index in [0.29, 0.717) is 0 Å². The fourth-order valence-corrected chi connectivity index (χ4v) is 0. The van der Waals surface area contributed by atoms with Crippen LogP contribution in [0.1, 0.15) is 0 Å². The van der Waals surface area contributed by atoms with Crippen LogP contribution in [0.15, 0.2) is 0 Å². The van der Waals surface area contributed by atoms with Crippen LogP contribution in [0.4, 0.5) is 11.4 Å². The zero-order chi connectivity index (χ0) is 5.45. The summed E-state index contributed by atoms with van der Waals surface area (Å²) in [6.45, 7) is 0. The van der Waals surface area contributed by atoms with Crippen LogP contribution in [0.5, 0.6) is 0 Å². The fourth-order valence-electron chi connectivity index (χ4n) is 0. The molecule has 0 aromatic heterocycles. The number of rotatable bonds is 0. The van der Waals surface area contributed by atoms with E-state index < -0.39 is 15.4 Å². The Kier molecular flexibility index (Phi) is 1.59. The van der Waals surface area contributed by atoms with E-state index in [-0.39, 0.29) is 18.6 Å². The number of hydrogen-bond donors (Lipinski definition) is 0. The first-order valence-corrected chi connectivity index (χ1v) is 10.3. The quantitative estimate of drug-likeness (QED) is 0.472. The predicted octanol–water partition coefficient (Wildman–Crippen LogP) is 3.45. The second-order valence-corrected chi connectivity index (χ2v) is 11.9. The second-order valence-electron chi connectivity index (χ2n) is 0.540. The Morgan fingerprint density at radius 2 is 1.00 bits per heavy atom. The summed E-state index contributed by atoms with van der Waals surface area (Å²) in [5.74, 6) is 0. The predicted molar refractivity (Wildman–Crippen MR) is 32.5 cm³/mol. The molecule has 0 bridgehead atoms. The molecule has 0 radical (unpaired) electrons. The van der Waals surface area contributed by atoms with Gasteiger partial charge in [-0.05, 0) is 0 Å². The van der Waals surface area contributed by atoms with Gasteiger partial charge in [0.2, 0.25) is 0 Å². The summed E-state index contributed by atoms with van der Waals surface area (Å²) in [5.41, 5.74) is 0. The Morgan fingerprint density at radius 3 is 1.00 bits per heavy atom. The van der Waals surface area contributed by atoms with Crippen LogP contribution in [0.25, 0.3) is 0 Å². The van der Waals surface area contributed by atoms with E-state index in [0.717, 1.165) is 0 Å². The molecule has 0 nitrogen and oxygen atoms in total. The van der Waals surface area contributed by atoms with Crippen molar-refractivity contribution >= 4 is 34.0 Å². The summed E-state index contributed by atoms with van der Waals surface area (Å²) < 4.78 is 42.2. The van der Waals surface area contributed by atoms with Crippen molar-refractivity contribution in [2.45, 2.75) is 0 Å². The first-order valence-electron chi connectivity index (χ1n) is 0.714. The molecule has 0 atom stereocenters. The van der Waals surface area contributed by atoms with Gasteiger partial charge in [-0.2, -0.15) is 0 Å². The second kappa shape index (κ2) is 1.33. The van der Waals surface area contributed by atoms with Crippen LogP contribution in [0.2, 0.25) is 0 Å². The molecule has 0 amide bonds. The summed E-state index contributed by atoms with van der Waals surface area (Å²) in [6.07, 6.45) is 0. The average Bonchev–Trinajstić information content (AvgIpc) is 0.650. The fraction of sp³-hybridized carbons (Fsp3) is 0. The molecule has 0 aromatic rings. The molecule has 0 aromatic carbocycles. The van der Waals surface area contributed by atoms with Crippen molar-refractivity contribution in [2.75, 3.05) is 0 Å². The van der Waals surface area contributed by atoms with Gasteiger partial charge in [0.15, 0.2) is 0 Å². The first kappa shape index (κ1) is 7.18. The van der Waals surface area contributed by atoms with Gasteiger partial charge >= 0.3 is 45.4 Å². The molecule has 0 unspecified atom stereocenters. The molecule has 0 aliphatic heterocycles. The van der Waals surface area contributed by atoms with Crippen LogP contribution in [-0.4, -0.2) is 0 Å². The van der Waals surface area contributed by atoms with E-state index in [9.17, 15) is 11.4 Å². The van der Waals surface area contributed by atoms with Crippen LogP contribution in [0, 0.1) is 0 Å². The molecule has 6 heavy (non-hydrogen) atoms. The topological polar surface area (TPSA) is 0 Å². The standard InChI is InChI=1S/F4I2/c1-6(2,3,4)5. The van der Waals surface area contributed by atoms with Gasteiger partial charge < -0.3 is 0 Å². The van der Waals surface area contributed by atoms with Gasteiger partial charge in [0.05, 0.1) is 0 Å². The maximum atomic E-state index is 10.5. The molecule has 6 heteroatoms. The number of hydrogen-bond acceptors (Lipinski definition) is 0. The molecule has 0 rings (SSSR count). The van der Waals surface area contributed by atoms with E-state index in [1.165, 1.54) is 0 Å². The zero-order valence-electron chi connectivity index (χ0n) is 2.27. The third-order valence-corrected chi connectivity index (χ3v) is 0. The molecule has 0 spiro atoms. The average molecular weight is 330 g/mol. The Labute approximate surface area is 45.2 Å². The summed E-state index contributed by atoms with van der Waals surface area (Å²) in [6, 6.07) is 0. The normalized spacial score (nSPS) is 19.2. The van der Waals surface area contributed by atoms with Crippen molar-refractivity contribution < 1.29 is 11.4 Å². The van der Waals surface area contributed by atoms with Gasteiger partial charge in [0, 0.05) is 0 Å². The Hall–Kier alpha value is 1.18. The molecule has 0 aliphatic rings. The minimum absolute atomic E-state index is 0.0693. The molecule has 0 saturated carbocycles. The van der Waals surface area contributed by atoms with Gasteiger partial charge in [-0.3, -0.25) is 0 Å². The van der Waals surface area contributed by atoms with Gasteiger partial charge in [0.1, 0.15) is 0 Å². The van der Waals surface area contributed by atoms with Crippen molar-refractivity contribution in [3.05, 3.63) is 0 Å². The summed E-state index contributed by atoms with van der Waals surface area (Å²) >= 11 is -7.65. The Bertz CT molecular complexity index is 38.7. The van der Waals surface area contributed by atoms with Crippen molar-refractivity contribution in [3.8, 4) is 0 Å². The third kappa shape index (κ3) is 65.0. The van der Waals surface area contributed by atoms with Gasteiger partial charge in [-0.25, -0.2) is 0 Å². The van der Waals surface area contributed by atoms with Crippen LogP contribution >= 0.6 is 34.0 Å². The first-order chi connectivity index (χ1) is 2.24. The van der Waals surface area contributed by atoms with Gasteiger partial charge in [-0.15, -0.1) is 0 Å². The monoisotopic (exact) mass is 330 g/mol. The van der Waals surface area contributed by atoms with Crippen molar-refractivity contribution in [1.29, 1.82) is 0 Å². The molecular weight excluding hydrogens is 330 g/mol. The molecule has 0 aliphatic carbocycles. The summed E-state index contributed by atoms with van der Waals surface area (Å²) in [4.78, 5) is 0. The van der Waals surface area contributed by atoms with E-state index >= 15 is 0 Å². The maximum absolute atomic E-state index is 10.5. The third-order valence-electron chi connectivity index (χ3n) is 0. The van der Waals surface area contributed by atoms with Crippen LogP contribution in [0.3, 0.4) is 0 Å². The molecule has 0 heterocycles. The molecule has 42 valence electrons. The summed E-state index contributed by atoms with van der Waals surface area (Å²) in [5, 5.41) is 0. The molecule has 0 N–H and O–H groups in total. The van der Waals surface area contributed by atoms with E-state index in [4.69, 9.17) is 0 Å². The van der Waals surface area contributed by atoms with Crippen molar-refractivity contribution in [2.24, 2.45) is 0 Å². The van der Waals surface area contributed by atoms with Crippen molar-refractivity contribution in [1.82, 2.24) is 0 Å². The SMILES string of the molecule is FI(F)(F)(F)I. The molecule has 0 fully saturated rings. The molecule has 0 saturated heterocycles. The molecular formula is F4I2. The van der Waals surface area contributed by atoms with Crippen molar-refractivity contribution in [3.63, 3.8) is 0 Å². The summed E-state index contributed by atoms with van der Waals surface area (Å²) in [7, 11) is 0. The zero-order valence-corrected chi connectivity index (χ0v) is 6.58. The Balaban J connectivity index is 3.73. The van der Waals surface area contributed by atoms with E-state index in [1.807, 2.05) is 0 Å². The van der Waals surface area contributed by atoms with Crippen LogP contribution in [-0.2, 0) is 0 Å². The Morgan fingerprint density at radius 1 is 1.00 bits per heavy atom. The van der Waals surface area contributed by atoms with Crippen LogP contribution < -0.4 is 0 Å².